The summed E-state index contributed by atoms with van der Waals surface area (Å²) >= 11 is 1.19. The van der Waals surface area contributed by atoms with Gasteiger partial charge in [-0.3, -0.25) is 14.7 Å². The molecule has 0 radical (unpaired) electrons. The lowest BCUT2D eigenvalue weighted by atomic mass is 10.2. The number of carbonyl (C=O) groups excluding carboxylic acids is 2. The fraction of sp³-hybridized carbons (Fsp3) is 0.158. The van der Waals surface area contributed by atoms with Gasteiger partial charge in [-0.1, -0.05) is 30.0 Å². The number of anilines is 1. The molecule has 0 saturated carbocycles. The van der Waals surface area contributed by atoms with Crippen molar-refractivity contribution in [1.82, 2.24) is 15.2 Å². The first-order valence-electron chi connectivity index (χ1n) is 8.31. The van der Waals surface area contributed by atoms with Gasteiger partial charge in [0.15, 0.2) is 5.82 Å². The normalized spacial score (nSPS) is 16.8. The quantitative estimate of drug-likeness (QED) is 0.685. The molecule has 1 aromatic heterocycles. The minimum atomic E-state index is -0.530. The van der Waals surface area contributed by atoms with Gasteiger partial charge in [0.2, 0.25) is 17.0 Å². The lowest BCUT2D eigenvalue weighted by Gasteiger charge is -2.14. The molecule has 1 N–H and O–H groups in total. The van der Waals surface area contributed by atoms with Crippen LogP contribution in [0, 0.1) is 0 Å². The summed E-state index contributed by atoms with van der Waals surface area (Å²) in [5.74, 6) is 0.891. The Bertz CT molecular complexity index is 972. The number of carbonyl (C=O) groups is 2. The van der Waals surface area contributed by atoms with Crippen molar-refractivity contribution in [3.05, 3.63) is 54.6 Å². The van der Waals surface area contributed by atoms with Crippen molar-refractivity contribution in [1.29, 1.82) is 0 Å². The fourth-order valence-electron chi connectivity index (χ4n) is 2.85. The predicted molar refractivity (Wildman–Crippen MR) is 102 cm³/mol. The van der Waals surface area contributed by atoms with Crippen molar-refractivity contribution in [2.75, 3.05) is 12.0 Å². The second-order valence-electron chi connectivity index (χ2n) is 5.91. The molecule has 1 aliphatic rings. The van der Waals surface area contributed by atoms with Crippen LogP contribution in [0.2, 0.25) is 0 Å². The molecule has 1 fully saturated rings. The van der Waals surface area contributed by atoms with Gasteiger partial charge in [0.25, 0.3) is 0 Å². The topological polar surface area (TPSA) is 88.2 Å². The minimum absolute atomic E-state index is 0.130. The Morgan fingerprint density at radius 1 is 1.11 bits per heavy atom. The smallest absolute Gasteiger partial charge is 0.247 e. The predicted octanol–water partition coefficient (Wildman–Crippen LogP) is 2.90. The number of amides is 2. The maximum Gasteiger partial charge on any atom is 0.247 e. The maximum atomic E-state index is 12.7. The molecule has 3 aromatic rings. The average molecular weight is 380 g/mol. The number of thioether (sulfide) groups is 1. The van der Waals surface area contributed by atoms with Crippen LogP contribution in [-0.4, -0.2) is 39.4 Å². The van der Waals surface area contributed by atoms with E-state index < -0.39 is 5.25 Å². The number of methoxy groups -OCH3 is 1. The van der Waals surface area contributed by atoms with E-state index >= 15 is 0 Å². The van der Waals surface area contributed by atoms with E-state index in [4.69, 9.17) is 4.74 Å². The van der Waals surface area contributed by atoms with Crippen molar-refractivity contribution in [2.45, 2.75) is 16.8 Å². The molecule has 4 rings (SSSR count). The molecule has 0 aliphatic carbocycles. The van der Waals surface area contributed by atoms with E-state index in [2.05, 4.69) is 15.2 Å². The number of nitrogens with zero attached hydrogens (tertiary/aromatic N) is 3. The number of H-pyrrole nitrogens is 1. The van der Waals surface area contributed by atoms with Gasteiger partial charge in [-0.25, -0.2) is 9.88 Å². The van der Waals surface area contributed by atoms with Gasteiger partial charge >= 0.3 is 0 Å². The van der Waals surface area contributed by atoms with Gasteiger partial charge in [-0.05, 0) is 36.4 Å². The van der Waals surface area contributed by atoms with E-state index in [1.54, 1.807) is 31.4 Å². The lowest BCUT2D eigenvalue weighted by Crippen LogP contribution is -2.31. The molecule has 1 atom stereocenters. The number of benzene rings is 2. The molecule has 136 valence electrons. The number of para-hydroxylation sites is 1. The van der Waals surface area contributed by atoms with E-state index in [1.807, 2.05) is 30.3 Å². The molecule has 0 bridgehead atoms. The highest BCUT2D eigenvalue weighted by Crippen LogP contribution is 2.33. The summed E-state index contributed by atoms with van der Waals surface area (Å²) in [6.07, 6.45) is 0.130. The summed E-state index contributed by atoms with van der Waals surface area (Å²) in [5.41, 5.74) is 1.44. The Morgan fingerprint density at radius 2 is 1.85 bits per heavy atom. The molecule has 2 heterocycles. The summed E-state index contributed by atoms with van der Waals surface area (Å²) in [5, 5.41) is 6.94. The lowest BCUT2D eigenvalue weighted by molar-refractivity contribution is -0.121. The summed E-state index contributed by atoms with van der Waals surface area (Å²) in [6, 6.07) is 16.3. The molecular weight excluding hydrogens is 364 g/mol. The molecule has 1 aliphatic heterocycles. The van der Waals surface area contributed by atoms with E-state index in [9.17, 15) is 9.59 Å². The first kappa shape index (κ1) is 17.3. The number of rotatable bonds is 5. The molecule has 8 heteroatoms. The third-order valence-corrected chi connectivity index (χ3v) is 5.24. The molecule has 27 heavy (non-hydrogen) atoms. The largest absolute Gasteiger partial charge is 0.497 e. The van der Waals surface area contributed by atoms with Crippen LogP contribution >= 0.6 is 11.8 Å². The zero-order chi connectivity index (χ0) is 18.8. The summed E-state index contributed by atoms with van der Waals surface area (Å²) in [6.45, 7) is 0. The molecule has 2 amide bonds. The number of hydrogen-bond acceptors (Lipinski definition) is 6. The second-order valence-corrected chi connectivity index (χ2v) is 7.08. The average Bonchev–Trinajstić information content (AvgIpc) is 3.27. The van der Waals surface area contributed by atoms with Gasteiger partial charge in [0, 0.05) is 12.0 Å². The van der Waals surface area contributed by atoms with Gasteiger partial charge in [-0.2, -0.15) is 0 Å². The van der Waals surface area contributed by atoms with Gasteiger partial charge in [0.1, 0.15) is 11.0 Å². The molecule has 0 spiro atoms. The highest BCUT2D eigenvalue weighted by Gasteiger charge is 2.40. The van der Waals surface area contributed by atoms with E-state index in [-0.39, 0.29) is 18.2 Å². The number of ether oxygens (including phenoxy) is 1. The maximum absolute atomic E-state index is 12.7. The molecule has 7 nitrogen and oxygen atoms in total. The van der Waals surface area contributed by atoms with Crippen molar-refractivity contribution in [3.63, 3.8) is 0 Å². The zero-order valence-corrected chi connectivity index (χ0v) is 15.3. The Hall–Kier alpha value is -3.13. The SMILES string of the molecule is COc1ccc(-c2nc(S[C@@H]3CC(=O)N(c4ccccc4)C3=O)n[nH]2)cc1. The first-order chi connectivity index (χ1) is 13.2. The van der Waals surface area contributed by atoms with Crippen LogP contribution < -0.4 is 9.64 Å². The summed E-state index contributed by atoms with van der Waals surface area (Å²) < 4.78 is 5.14. The van der Waals surface area contributed by atoms with Gasteiger partial charge in [0.05, 0.1) is 12.8 Å². The zero-order valence-electron chi connectivity index (χ0n) is 14.5. The van der Waals surface area contributed by atoms with Crippen LogP contribution in [0.5, 0.6) is 5.75 Å². The van der Waals surface area contributed by atoms with E-state index in [0.717, 1.165) is 11.3 Å². The summed E-state index contributed by atoms with van der Waals surface area (Å²) in [7, 11) is 1.61. The Morgan fingerprint density at radius 3 is 2.56 bits per heavy atom. The Kier molecular flexibility index (Phi) is 4.64. The molecular formula is C19H16N4O3S. The van der Waals surface area contributed by atoms with Crippen molar-refractivity contribution in [2.24, 2.45) is 0 Å². The number of imide groups is 1. The number of aromatic amines is 1. The van der Waals surface area contributed by atoms with Crippen LogP contribution in [0.15, 0.2) is 59.8 Å². The highest BCUT2D eigenvalue weighted by atomic mass is 32.2. The highest BCUT2D eigenvalue weighted by molar-refractivity contribution is 8.00. The monoisotopic (exact) mass is 380 g/mol. The Labute approximate surface area is 159 Å². The fourth-order valence-corrected chi connectivity index (χ4v) is 3.78. The van der Waals surface area contributed by atoms with Crippen LogP contribution in [0.1, 0.15) is 6.42 Å². The van der Waals surface area contributed by atoms with E-state index in [1.165, 1.54) is 16.7 Å². The molecule has 0 unspecified atom stereocenters. The summed E-state index contributed by atoms with van der Waals surface area (Å²) in [4.78, 5) is 30.6. The number of hydrogen-bond donors (Lipinski definition) is 1. The third kappa shape index (κ3) is 3.43. The van der Waals surface area contributed by atoms with Crippen molar-refractivity contribution in [3.8, 4) is 17.1 Å². The van der Waals surface area contributed by atoms with Crippen molar-refractivity contribution >= 4 is 29.3 Å². The van der Waals surface area contributed by atoms with Crippen LogP contribution in [0.25, 0.3) is 11.4 Å². The van der Waals surface area contributed by atoms with E-state index in [0.29, 0.717) is 16.7 Å². The van der Waals surface area contributed by atoms with Crippen molar-refractivity contribution < 1.29 is 14.3 Å². The molecule has 2 aromatic carbocycles. The first-order valence-corrected chi connectivity index (χ1v) is 9.19. The van der Waals surface area contributed by atoms with Crippen LogP contribution in [-0.2, 0) is 9.59 Å². The van der Waals surface area contributed by atoms with Crippen LogP contribution in [0.3, 0.4) is 0 Å². The number of aromatic nitrogens is 3. The second kappa shape index (κ2) is 7.24. The molecule has 1 saturated heterocycles. The minimum Gasteiger partial charge on any atom is -0.497 e. The van der Waals surface area contributed by atoms with Gasteiger partial charge in [-0.15, -0.1) is 5.10 Å². The van der Waals surface area contributed by atoms with Gasteiger partial charge < -0.3 is 4.74 Å². The van der Waals surface area contributed by atoms with Crippen LogP contribution in [0.4, 0.5) is 5.69 Å². The number of nitrogens with one attached hydrogen (secondary N) is 1. The third-order valence-electron chi connectivity index (χ3n) is 4.20. The standard InChI is InChI=1S/C19H16N4O3S/c1-26-14-9-7-12(8-10-14)17-20-19(22-21-17)27-15-11-16(24)23(18(15)25)13-5-3-2-4-6-13/h2-10,15H,11H2,1H3,(H,20,21,22)/t15-/m1/s1. The Balaban J connectivity index is 1.49.